The van der Waals surface area contributed by atoms with E-state index in [9.17, 15) is 0 Å². The lowest BCUT2D eigenvalue weighted by molar-refractivity contribution is 0.215. The predicted octanol–water partition coefficient (Wildman–Crippen LogP) is 3.12. The van der Waals surface area contributed by atoms with Crippen molar-refractivity contribution in [3.05, 3.63) is 34.3 Å². The molecule has 0 amide bonds. The summed E-state index contributed by atoms with van der Waals surface area (Å²) in [4.78, 5) is 5.33. The fourth-order valence-corrected chi connectivity index (χ4v) is 3.77. The van der Waals surface area contributed by atoms with Gasteiger partial charge >= 0.3 is 0 Å². The molecule has 2 aliphatic rings. The van der Waals surface area contributed by atoms with E-state index in [2.05, 4.69) is 50.0 Å². The number of rotatable bonds is 2. The lowest BCUT2D eigenvalue weighted by Crippen LogP contribution is -2.36. The van der Waals surface area contributed by atoms with Crippen molar-refractivity contribution in [3.8, 4) is 0 Å². The fourth-order valence-electron chi connectivity index (χ4n) is 3.32. The van der Waals surface area contributed by atoms with Crippen molar-refractivity contribution in [2.24, 2.45) is 0 Å². The van der Waals surface area contributed by atoms with Gasteiger partial charge in [-0.05, 0) is 56.6 Å². The van der Waals surface area contributed by atoms with E-state index in [-0.39, 0.29) is 0 Å². The van der Waals surface area contributed by atoms with Crippen LogP contribution in [0.2, 0.25) is 0 Å². The Balaban J connectivity index is 1.65. The minimum absolute atomic E-state index is 0.819. The quantitative estimate of drug-likeness (QED) is 0.828. The zero-order chi connectivity index (χ0) is 12.4. The summed E-state index contributed by atoms with van der Waals surface area (Å²) >= 11 is 3.56. The van der Waals surface area contributed by atoms with E-state index in [1.165, 1.54) is 55.5 Å². The average Bonchev–Trinajstić information content (AvgIpc) is 2.69. The second-order valence-corrected chi connectivity index (χ2v) is 6.47. The van der Waals surface area contributed by atoms with Gasteiger partial charge in [0.1, 0.15) is 0 Å². The van der Waals surface area contributed by atoms with Crippen LogP contribution in [-0.2, 0) is 6.54 Å². The zero-order valence-corrected chi connectivity index (χ0v) is 12.4. The molecule has 2 fully saturated rings. The highest BCUT2D eigenvalue weighted by Gasteiger charge is 2.28. The second-order valence-electron chi connectivity index (χ2n) is 5.55. The molecule has 0 aromatic heterocycles. The Kier molecular flexibility index (Phi) is 4.02. The molecule has 0 bridgehead atoms. The van der Waals surface area contributed by atoms with Gasteiger partial charge in [0.15, 0.2) is 0 Å². The predicted molar refractivity (Wildman–Crippen MR) is 78.6 cm³/mol. The number of benzene rings is 1. The molecule has 98 valence electrons. The molecule has 0 spiro atoms. The molecular formula is C15H21BrN2. The Morgan fingerprint density at radius 1 is 1.17 bits per heavy atom. The Morgan fingerprint density at radius 3 is 2.94 bits per heavy atom. The lowest BCUT2D eigenvalue weighted by atomic mass is 10.1. The third kappa shape index (κ3) is 2.95. The highest BCUT2D eigenvalue weighted by Crippen LogP contribution is 2.22. The normalized spacial score (nSPS) is 25.9. The van der Waals surface area contributed by atoms with Gasteiger partial charge in [0.25, 0.3) is 0 Å². The van der Waals surface area contributed by atoms with Crippen LogP contribution in [-0.4, -0.2) is 42.0 Å². The molecule has 0 unspecified atom stereocenters. The minimum atomic E-state index is 0.819. The first-order chi connectivity index (χ1) is 8.81. The summed E-state index contributed by atoms with van der Waals surface area (Å²) in [5.74, 6) is 0. The maximum Gasteiger partial charge on any atom is 0.0234 e. The topological polar surface area (TPSA) is 6.48 Å². The molecule has 2 saturated heterocycles. The molecular weight excluding hydrogens is 288 g/mol. The first kappa shape index (κ1) is 12.6. The van der Waals surface area contributed by atoms with Crippen LogP contribution in [0.25, 0.3) is 0 Å². The summed E-state index contributed by atoms with van der Waals surface area (Å²) in [5, 5.41) is 0. The number of nitrogens with zero attached hydrogens (tertiary/aromatic N) is 2. The van der Waals surface area contributed by atoms with E-state index >= 15 is 0 Å². The van der Waals surface area contributed by atoms with Crippen molar-refractivity contribution < 1.29 is 0 Å². The van der Waals surface area contributed by atoms with Crippen LogP contribution in [0.4, 0.5) is 0 Å². The lowest BCUT2D eigenvalue weighted by Gasteiger charge is -2.25. The van der Waals surface area contributed by atoms with Crippen LogP contribution < -0.4 is 0 Å². The summed E-state index contributed by atoms with van der Waals surface area (Å²) in [7, 11) is 0. The monoisotopic (exact) mass is 308 g/mol. The molecule has 0 N–H and O–H groups in total. The van der Waals surface area contributed by atoms with Crippen LogP contribution >= 0.6 is 15.9 Å². The van der Waals surface area contributed by atoms with Crippen molar-refractivity contribution in [1.82, 2.24) is 9.80 Å². The van der Waals surface area contributed by atoms with Crippen molar-refractivity contribution >= 4 is 15.9 Å². The summed E-state index contributed by atoms with van der Waals surface area (Å²) in [6.45, 7) is 6.24. The van der Waals surface area contributed by atoms with Gasteiger partial charge < -0.3 is 0 Å². The van der Waals surface area contributed by atoms with E-state index in [1.807, 2.05) is 0 Å². The second kappa shape index (κ2) is 5.72. The molecule has 18 heavy (non-hydrogen) atoms. The fraction of sp³-hybridized carbons (Fsp3) is 0.600. The van der Waals surface area contributed by atoms with Gasteiger partial charge in [-0.3, -0.25) is 9.80 Å². The van der Waals surface area contributed by atoms with Crippen molar-refractivity contribution in [3.63, 3.8) is 0 Å². The smallest absolute Gasteiger partial charge is 0.0234 e. The molecule has 3 rings (SSSR count). The molecule has 1 aromatic rings. The van der Waals surface area contributed by atoms with Crippen molar-refractivity contribution in [2.75, 3.05) is 26.2 Å². The van der Waals surface area contributed by atoms with Crippen molar-refractivity contribution in [2.45, 2.75) is 31.8 Å². The molecule has 0 aliphatic carbocycles. The van der Waals surface area contributed by atoms with Crippen molar-refractivity contribution in [1.29, 1.82) is 0 Å². The van der Waals surface area contributed by atoms with Crippen LogP contribution in [0.15, 0.2) is 28.7 Å². The van der Waals surface area contributed by atoms with Crippen LogP contribution in [0.1, 0.15) is 24.8 Å². The van der Waals surface area contributed by atoms with E-state index < -0.39 is 0 Å². The van der Waals surface area contributed by atoms with Crippen LogP contribution in [0.5, 0.6) is 0 Å². The zero-order valence-electron chi connectivity index (χ0n) is 10.8. The van der Waals surface area contributed by atoms with E-state index in [0.717, 1.165) is 12.6 Å². The maximum absolute atomic E-state index is 3.56. The van der Waals surface area contributed by atoms with Gasteiger partial charge in [-0.25, -0.2) is 0 Å². The van der Waals surface area contributed by atoms with E-state index in [4.69, 9.17) is 0 Å². The highest BCUT2D eigenvalue weighted by molar-refractivity contribution is 9.10. The minimum Gasteiger partial charge on any atom is -0.299 e. The maximum atomic E-state index is 3.56. The first-order valence-corrected chi connectivity index (χ1v) is 7.81. The number of fused-ring (bicyclic) bond motifs is 1. The molecule has 0 radical (unpaired) electrons. The van der Waals surface area contributed by atoms with Gasteiger partial charge in [-0.1, -0.05) is 28.1 Å². The largest absolute Gasteiger partial charge is 0.299 e. The number of hydrogen-bond donors (Lipinski definition) is 0. The molecule has 3 heteroatoms. The summed E-state index contributed by atoms with van der Waals surface area (Å²) < 4.78 is 1.19. The van der Waals surface area contributed by atoms with E-state index in [0.29, 0.717) is 0 Å². The summed E-state index contributed by atoms with van der Waals surface area (Å²) in [5.41, 5.74) is 1.43. The van der Waals surface area contributed by atoms with Crippen LogP contribution in [0, 0.1) is 0 Å². The average molecular weight is 309 g/mol. The van der Waals surface area contributed by atoms with Gasteiger partial charge in [0.2, 0.25) is 0 Å². The molecule has 0 saturated carbocycles. The van der Waals surface area contributed by atoms with Gasteiger partial charge in [0, 0.05) is 23.6 Å². The standard InChI is InChI=1S/C15H21BrN2/c16-14-5-1-4-13(10-14)11-17-7-3-9-18-8-2-6-15(18)12-17/h1,4-5,10,15H,2-3,6-9,11-12H2/t15-/m1/s1. The first-order valence-electron chi connectivity index (χ1n) is 7.02. The van der Waals surface area contributed by atoms with Crippen LogP contribution in [0.3, 0.4) is 0 Å². The molecule has 1 aromatic carbocycles. The Morgan fingerprint density at radius 2 is 2.06 bits per heavy atom. The molecule has 2 heterocycles. The van der Waals surface area contributed by atoms with Gasteiger partial charge in [-0.2, -0.15) is 0 Å². The van der Waals surface area contributed by atoms with Gasteiger partial charge in [0.05, 0.1) is 0 Å². The Labute approximate surface area is 118 Å². The number of hydrogen-bond acceptors (Lipinski definition) is 2. The Bertz CT molecular complexity index is 407. The molecule has 1 atom stereocenters. The summed E-state index contributed by atoms with van der Waals surface area (Å²) in [6.07, 6.45) is 4.12. The Hall–Kier alpha value is -0.380. The highest BCUT2D eigenvalue weighted by atomic mass is 79.9. The number of halogens is 1. The summed E-state index contributed by atoms with van der Waals surface area (Å²) in [6, 6.07) is 9.54. The molecule has 2 aliphatic heterocycles. The molecule has 2 nitrogen and oxygen atoms in total. The van der Waals surface area contributed by atoms with E-state index in [1.54, 1.807) is 0 Å². The SMILES string of the molecule is Brc1cccc(CN2CCCN3CCC[C@@H]3C2)c1. The third-order valence-electron chi connectivity index (χ3n) is 4.18. The van der Waals surface area contributed by atoms with Gasteiger partial charge in [-0.15, -0.1) is 0 Å². The third-order valence-corrected chi connectivity index (χ3v) is 4.68.